The van der Waals surface area contributed by atoms with E-state index in [1.807, 2.05) is 0 Å². The molecule has 0 atom stereocenters. The molecule has 0 radical (unpaired) electrons. The molecule has 17 heavy (non-hydrogen) atoms. The van der Waals surface area contributed by atoms with Crippen molar-refractivity contribution in [2.75, 3.05) is 13.1 Å². The molecule has 7 heteroatoms. The van der Waals surface area contributed by atoms with Gasteiger partial charge in [-0.2, -0.15) is 13.2 Å². The average Bonchev–Trinajstić information content (AvgIpc) is 2.25. The van der Waals surface area contributed by atoms with Crippen LogP contribution in [0, 0.1) is 5.92 Å². The first-order chi connectivity index (χ1) is 7.80. The van der Waals surface area contributed by atoms with Gasteiger partial charge in [-0.1, -0.05) is 0 Å². The molecule has 1 rings (SSSR count). The lowest BCUT2D eigenvalue weighted by Gasteiger charge is -2.27. The Morgan fingerprint density at radius 3 is 2.18 bits per heavy atom. The summed E-state index contributed by atoms with van der Waals surface area (Å²) < 4.78 is 36.4. The monoisotopic (exact) mass is 254 g/mol. The SMILES string of the molecule is O=C(O)CCC1CC[NH+](C(=O)C(F)(F)F)CC1. The zero-order valence-electron chi connectivity index (χ0n) is 9.22. The summed E-state index contributed by atoms with van der Waals surface area (Å²) in [5.74, 6) is -2.49. The lowest BCUT2D eigenvalue weighted by molar-refractivity contribution is -0.833. The number of hydrogen-bond acceptors (Lipinski definition) is 2. The number of hydrogen-bond donors (Lipinski definition) is 2. The van der Waals surface area contributed by atoms with Crippen molar-refractivity contribution in [3.63, 3.8) is 0 Å². The first-order valence-electron chi connectivity index (χ1n) is 5.48. The van der Waals surface area contributed by atoms with Crippen LogP contribution in [-0.2, 0) is 9.59 Å². The number of halogens is 3. The number of carboxylic acids is 1. The molecule has 0 spiro atoms. The Morgan fingerprint density at radius 1 is 1.24 bits per heavy atom. The van der Waals surface area contributed by atoms with Crippen molar-refractivity contribution in [2.45, 2.75) is 31.9 Å². The molecule has 0 aromatic carbocycles. The lowest BCUT2D eigenvalue weighted by Crippen LogP contribution is -3.17. The van der Waals surface area contributed by atoms with Gasteiger partial charge in [-0.15, -0.1) is 0 Å². The standard InChI is InChI=1S/C10H14F3NO3/c11-10(12,13)9(17)14-5-3-7(4-6-14)1-2-8(15)16/h7H,1-6H2,(H,15,16)/p+1. The molecule has 0 aliphatic carbocycles. The Morgan fingerprint density at radius 2 is 1.76 bits per heavy atom. The quantitative estimate of drug-likeness (QED) is 0.758. The van der Waals surface area contributed by atoms with E-state index in [1.54, 1.807) is 0 Å². The Hall–Kier alpha value is -1.11. The summed E-state index contributed by atoms with van der Waals surface area (Å²) in [6, 6.07) is 0. The molecular formula is C10H15F3NO3+. The number of amides is 1. The molecule has 0 aromatic rings. The number of aliphatic carboxylic acids is 1. The molecule has 0 bridgehead atoms. The summed E-state index contributed by atoms with van der Waals surface area (Å²) >= 11 is 0. The van der Waals surface area contributed by atoms with Crippen LogP contribution in [0.2, 0.25) is 0 Å². The minimum atomic E-state index is -4.77. The Balaban J connectivity index is 2.36. The van der Waals surface area contributed by atoms with E-state index in [4.69, 9.17) is 5.11 Å². The van der Waals surface area contributed by atoms with Gasteiger partial charge in [0, 0.05) is 19.3 Å². The molecule has 98 valence electrons. The number of quaternary nitrogens is 1. The molecule has 2 N–H and O–H groups in total. The summed E-state index contributed by atoms with van der Waals surface area (Å²) in [6.45, 7) is 0.283. The minimum absolute atomic E-state index is 0.0349. The summed E-state index contributed by atoms with van der Waals surface area (Å²) in [5.41, 5.74) is 0. The van der Waals surface area contributed by atoms with E-state index in [1.165, 1.54) is 0 Å². The molecule has 1 saturated heterocycles. The van der Waals surface area contributed by atoms with Crippen molar-refractivity contribution < 1.29 is 32.8 Å². The second-order valence-electron chi connectivity index (χ2n) is 4.31. The fourth-order valence-corrected chi connectivity index (χ4v) is 2.07. The minimum Gasteiger partial charge on any atom is -0.481 e. The van der Waals surface area contributed by atoms with Gasteiger partial charge in [-0.05, 0) is 12.3 Å². The van der Waals surface area contributed by atoms with Crippen molar-refractivity contribution in [2.24, 2.45) is 5.92 Å². The van der Waals surface area contributed by atoms with Crippen LogP contribution in [0.1, 0.15) is 25.7 Å². The predicted molar refractivity (Wildman–Crippen MR) is 51.4 cm³/mol. The maximum atomic E-state index is 12.1. The van der Waals surface area contributed by atoms with Gasteiger partial charge < -0.3 is 5.11 Å². The van der Waals surface area contributed by atoms with Gasteiger partial charge in [0.1, 0.15) is 0 Å². The molecule has 1 aliphatic rings. The Labute approximate surface area is 96.4 Å². The number of carbonyl (C=O) groups is 2. The van der Waals surface area contributed by atoms with E-state index in [-0.39, 0.29) is 30.3 Å². The topological polar surface area (TPSA) is 58.8 Å². The van der Waals surface area contributed by atoms with Crippen LogP contribution in [0.4, 0.5) is 13.2 Å². The van der Waals surface area contributed by atoms with E-state index < -0.39 is 18.1 Å². The highest BCUT2D eigenvalue weighted by atomic mass is 19.4. The zero-order chi connectivity index (χ0) is 13.1. The average molecular weight is 254 g/mol. The Kier molecular flexibility index (Phi) is 4.50. The number of carboxylic acid groups (broad SMARTS) is 1. The highest BCUT2D eigenvalue weighted by molar-refractivity contribution is 5.73. The number of rotatable bonds is 3. The molecule has 1 aliphatic heterocycles. The second-order valence-corrected chi connectivity index (χ2v) is 4.31. The van der Waals surface area contributed by atoms with Crippen LogP contribution >= 0.6 is 0 Å². The van der Waals surface area contributed by atoms with Crippen molar-refractivity contribution in [3.05, 3.63) is 0 Å². The summed E-state index contributed by atoms with van der Waals surface area (Å²) in [5, 5.41) is 8.48. The smallest absolute Gasteiger partial charge is 0.481 e. The summed E-state index contributed by atoms with van der Waals surface area (Å²) in [7, 11) is 0. The van der Waals surface area contributed by atoms with Crippen molar-refractivity contribution in [1.29, 1.82) is 0 Å². The number of alkyl halides is 3. The number of likely N-dealkylation sites (tertiary alicyclic amines) is 1. The van der Waals surface area contributed by atoms with E-state index in [2.05, 4.69) is 0 Å². The molecule has 1 heterocycles. The van der Waals surface area contributed by atoms with Crippen molar-refractivity contribution in [1.82, 2.24) is 0 Å². The summed E-state index contributed by atoms with van der Waals surface area (Å²) in [6.07, 6.45) is -3.31. The largest absolute Gasteiger partial charge is 0.509 e. The van der Waals surface area contributed by atoms with Gasteiger partial charge in [-0.25, -0.2) is 4.79 Å². The van der Waals surface area contributed by atoms with Crippen LogP contribution in [0.25, 0.3) is 0 Å². The molecule has 0 saturated carbocycles. The van der Waals surface area contributed by atoms with Crippen LogP contribution in [0.5, 0.6) is 0 Å². The number of carbonyl (C=O) groups excluding carboxylic acids is 1. The van der Waals surface area contributed by atoms with E-state index >= 15 is 0 Å². The second kappa shape index (κ2) is 5.48. The third kappa shape index (κ3) is 4.33. The molecule has 1 amide bonds. The van der Waals surface area contributed by atoms with E-state index in [9.17, 15) is 22.8 Å². The zero-order valence-corrected chi connectivity index (χ0v) is 9.22. The summed E-state index contributed by atoms with van der Waals surface area (Å²) in [4.78, 5) is 21.2. The van der Waals surface area contributed by atoms with Crippen molar-refractivity contribution >= 4 is 11.9 Å². The molecule has 0 aromatic heterocycles. The molecule has 0 unspecified atom stereocenters. The fraction of sp³-hybridized carbons (Fsp3) is 0.800. The Bertz CT molecular complexity index is 296. The number of nitrogens with one attached hydrogen (secondary N) is 1. The number of piperidine rings is 1. The van der Waals surface area contributed by atoms with Gasteiger partial charge in [-0.3, -0.25) is 9.69 Å². The van der Waals surface area contributed by atoms with E-state index in [0.717, 1.165) is 0 Å². The first-order valence-corrected chi connectivity index (χ1v) is 5.48. The van der Waals surface area contributed by atoms with Gasteiger partial charge in [0.15, 0.2) is 0 Å². The van der Waals surface area contributed by atoms with Crippen LogP contribution in [0.3, 0.4) is 0 Å². The van der Waals surface area contributed by atoms with Crippen LogP contribution < -0.4 is 4.90 Å². The third-order valence-corrected chi connectivity index (χ3v) is 3.05. The van der Waals surface area contributed by atoms with E-state index in [0.29, 0.717) is 19.3 Å². The van der Waals surface area contributed by atoms with Gasteiger partial charge in [0.2, 0.25) is 0 Å². The molecule has 1 fully saturated rings. The van der Waals surface area contributed by atoms with Gasteiger partial charge in [0.05, 0.1) is 13.1 Å². The highest BCUT2D eigenvalue weighted by Gasteiger charge is 2.48. The third-order valence-electron chi connectivity index (χ3n) is 3.05. The van der Waals surface area contributed by atoms with Crippen molar-refractivity contribution in [3.8, 4) is 0 Å². The van der Waals surface area contributed by atoms with Gasteiger partial charge >= 0.3 is 18.1 Å². The van der Waals surface area contributed by atoms with Crippen LogP contribution in [0.15, 0.2) is 0 Å². The maximum Gasteiger partial charge on any atom is 0.509 e. The maximum absolute atomic E-state index is 12.1. The lowest BCUT2D eigenvalue weighted by atomic mass is 9.92. The highest BCUT2D eigenvalue weighted by Crippen LogP contribution is 2.18. The first kappa shape index (κ1) is 14.0. The normalized spacial score (nSPS) is 25.6. The van der Waals surface area contributed by atoms with Gasteiger partial charge in [0.25, 0.3) is 0 Å². The van der Waals surface area contributed by atoms with Crippen LogP contribution in [-0.4, -0.2) is 36.2 Å². The fourth-order valence-electron chi connectivity index (χ4n) is 2.07. The molecule has 4 nitrogen and oxygen atoms in total. The predicted octanol–water partition coefficient (Wildman–Crippen LogP) is 0.235. The molecular weight excluding hydrogens is 239 g/mol.